The summed E-state index contributed by atoms with van der Waals surface area (Å²) in [5, 5.41) is 11.7. The Balaban J connectivity index is 1.26. The Hall–Kier alpha value is -5.71. The molecule has 41 heavy (non-hydrogen) atoms. The van der Waals surface area contributed by atoms with Crippen LogP contribution in [0.2, 0.25) is 0 Å². The molecule has 0 bridgehead atoms. The van der Waals surface area contributed by atoms with Gasteiger partial charge in [0.25, 0.3) is 11.5 Å². The highest BCUT2D eigenvalue weighted by Gasteiger charge is 2.19. The number of carbonyl (C=O) groups excluding carboxylic acids is 1. The number of hydrogen-bond donors (Lipinski definition) is 1. The molecule has 3 aromatic heterocycles. The molecular weight excluding hydrogens is 530 g/mol. The minimum atomic E-state index is -0.764. The van der Waals surface area contributed by atoms with E-state index in [9.17, 15) is 14.0 Å². The number of carbonyl (C=O) groups is 1. The average Bonchev–Trinajstić information content (AvgIpc) is 3.33. The van der Waals surface area contributed by atoms with E-state index in [1.54, 1.807) is 24.0 Å². The molecule has 1 amide bonds. The van der Waals surface area contributed by atoms with Crippen molar-refractivity contribution in [3.63, 3.8) is 0 Å². The molecule has 0 saturated carbocycles. The molecular formula is C30H20F2N6O3. The summed E-state index contributed by atoms with van der Waals surface area (Å²) in [6.07, 6.45) is 2.82. The number of halogens is 2. The van der Waals surface area contributed by atoms with Crippen molar-refractivity contribution >= 4 is 22.6 Å². The first-order valence-corrected chi connectivity index (χ1v) is 12.4. The van der Waals surface area contributed by atoms with Crippen LogP contribution in [0.5, 0.6) is 11.5 Å². The van der Waals surface area contributed by atoms with E-state index in [2.05, 4.69) is 20.5 Å². The minimum Gasteiger partial charge on any atom is -0.453 e. The van der Waals surface area contributed by atoms with Crippen molar-refractivity contribution in [2.45, 2.75) is 0 Å². The van der Waals surface area contributed by atoms with E-state index < -0.39 is 23.1 Å². The quantitative estimate of drug-likeness (QED) is 0.294. The first kappa shape index (κ1) is 25.6. The summed E-state index contributed by atoms with van der Waals surface area (Å²) in [4.78, 5) is 30.2. The Morgan fingerprint density at radius 3 is 2.44 bits per heavy atom. The first-order chi connectivity index (χ1) is 19.9. The molecule has 202 valence electrons. The second-order valence-corrected chi connectivity index (χ2v) is 8.99. The van der Waals surface area contributed by atoms with Gasteiger partial charge in [-0.15, -0.1) is 0 Å². The molecule has 3 aromatic carbocycles. The second-order valence-electron chi connectivity index (χ2n) is 8.99. The normalized spacial score (nSPS) is 11.0. The van der Waals surface area contributed by atoms with Crippen molar-refractivity contribution in [2.75, 3.05) is 5.32 Å². The molecule has 9 nitrogen and oxygen atoms in total. The molecule has 0 atom stereocenters. The van der Waals surface area contributed by atoms with Crippen molar-refractivity contribution in [3.8, 4) is 28.4 Å². The Morgan fingerprint density at radius 1 is 0.902 bits per heavy atom. The number of nitrogens with zero attached hydrogens (tertiary/aromatic N) is 5. The highest BCUT2D eigenvalue weighted by molar-refractivity contribution is 6.04. The molecule has 0 aliphatic rings. The van der Waals surface area contributed by atoms with Crippen LogP contribution in [-0.2, 0) is 7.05 Å². The van der Waals surface area contributed by atoms with Gasteiger partial charge in [-0.05, 0) is 48.5 Å². The molecule has 6 aromatic rings. The van der Waals surface area contributed by atoms with Crippen LogP contribution in [0.25, 0.3) is 28.0 Å². The molecule has 0 spiro atoms. The summed E-state index contributed by atoms with van der Waals surface area (Å²) >= 11 is 0. The number of pyridine rings is 1. The predicted molar refractivity (Wildman–Crippen MR) is 148 cm³/mol. The lowest BCUT2D eigenvalue weighted by Crippen LogP contribution is -2.29. The van der Waals surface area contributed by atoms with Crippen molar-refractivity contribution < 1.29 is 18.3 Å². The highest BCUT2D eigenvalue weighted by Crippen LogP contribution is 2.37. The fourth-order valence-corrected chi connectivity index (χ4v) is 4.36. The zero-order valence-corrected chi connectivity index (χ0v) is 21.5. The summed E-state index contributed by atoms with van der Waals surface area (Å²) < 4.78 is 37.0. The largest absolute Gasteiger partial charge is 0.453 e. The summed E-state index contributed by atoms with van der Waals surface area (Å²) in [6, 6.07) is 21.4. The van der Waals surface area contributed by atoms with Crippen LogP contribution in [0.15, 0.2) is 102 Å². The number of rotatable bonds is 6. The number of ether oxygens (including phenoxy) is 1. The number of fused-ring (bicyclic) bond motifs is 1. The van der Waals surface area contributed by atoms with Crippen LogP contribution in [0.3, 0.4) is 0 Å². The maximum Gasteiger partial charge on any atom is 0.284 e. The SMILES string of the molecule is Cn1nc(-c2ccccc2)c2c(Oc3ccc(NC(=O)c4ccnn(-c5ccc(F)cc5)c4=O)cc3F)ccnc21. The standard InChI is InChI=1S/C30H20F2N6O3/c1-37-28-26(27(36-37)18-5-3-2-4-6-18)25(14-15-33-28)41-24-12-9-20(17-23(24)32)35-29(39)22-13-16-34-38(30(22)40)21-10-7-19(31)8-11-21/h2-17H,1H3,(H,35,39). The molecule has 1 N–H and O–H groups in total. The van der Waals surface area contributed by atoms with Crippen LogP contribution in [0, 0.1) is 11.6 Å². The van der Waals surface area contributed by atoms with E-state index in [1.807, 2.05) is 30.3 Å². The third-order valence-electron chi connectivity index (χ3n) is 6.30. The molecule has 0 saturated heterocycles. The average molecular weight is 551 g/mol. The van der Waals surface area contributed by atoms with Gasteiger partial charge in [-0.2, -0.15) is 14.9 Å². The van der Waals surface area contributed by atoms with E-state index >= 15 is 4.39 Å². The van der Waals surface area contributed by atoms with E-state index in [1.165, 1.54) is 48.7 Å². The van der Waals surface area contributed by atoms with Gasteiger partial charge in [0.1, 0.15) is 22.8 Å². The van der Waals surface area contributed by atoms with Gasteiger partial charge in [-0.25, -0.2) is 18.4 Å². The van der Waals surface area contributed by atoms with Gasteiger partial charge in [0.2, 0.25) is 0 Å². The van der Waals surface area contributed by atoms with Crippen LogP contribution in [0.4, 0.5) is 14.5 Å². The number of aromatic nitrogens is 5. The third kappa shape index (κ3) is 4.91. The van der Waals surface area contributed by atoms with Crippen LogP contribution >= 0.6 is 0 Å². The van der Waals surface area contributed by atoms with Gasteiger partial charge in [0.05, 0.1) is 11.1 Å². The van der Waals surface area contributed by atoms with E-state index in [0.29, 0.717) is 22.5 Å². The summed E-state index contributed by atoms with van der Waals surface area (Å²) in [6.45, 7) is 0. The summed E-state index contributed by atoms with van der Waals surface area (Å²) in [7, 11) is 1.76. The number of nitrogens with one attached hydrogen (secondary N) is 1. The van der Waals surface area contributed by atoms with Gasteiger partial charge >= 0.3 is 0 Å². The summed E-state index contributed by atoms with van der Waals surface area (Å²) in [5.41, 5.74) is 1.50. The Kier molecular flexibility index (Phi) is 6.52. The van der Waals surface area contributed by atoms with Crippen molar-refractivity contribution in [2.24, 2.45) is 7.05 Å². The highest BCUT2D eigenvalue weighted by atomic mass is 19.1. The predicted octanol–water partition coefficient (Wildman–Crippen LogP) is 5.50. The van der Waals surface area contributed by atoms with Crippen LogP contribution < -0.4 is 15.6 Å². The lowest BCUT2D eigenvalue weighted by atomic mass is 10.1. The summed E-state index contributed by atoms with van der Waals surface area (Å²) in [5.74, 6) is -1.70. The van der Waals surface area contributed by atoms with Gasteiger partial charge in [-0.1, -0.05) is 30.3 Å². The van der Waals surface area contributed by atoms with Crippen LogP contribution in [0.1, 0.15) is 10.4 Å². The zero-order valence-electron chi connectivity index (χ0n) is 21.5. The molecule has 11 heteroatoms. The van der Waals surface area contributed by atoms with Crippen molar-refractivity contribution in [1.29, 1.82) is 0 Å². The Morgan fingerprint density at radius 2 is 1.68 bits per heavy atom. The fourth-order valence-electron chi connectivity index (χ4n) is 4.36. The lowest BCUT2D eigenvalue weighted by Gasteiger charge is -2.11. The number of hydrogen-bond acceptors (Lipinski definition) is 6. The molecule has 0 unspecified atom stereocenters. The van der Waals surface area contributed by atoms with E-state index in [0.717, 1.165) is 16.3 Å². The number of aryl methyl sites for hydroxylation is 1. The zero-order chi connectivity index (χ0) is 28.5. The van der Waals surface area contributed by atoms with E-state index in [-0.39, 0.29) is 22.7 Å². The second kappa shape index (κ2) is 10.5. The topological polar surface area (TPSA) is 104 Å². The maximum absolute atomic E-state index is 15.2. The fraction of sp³-hybridized carbons (Fsp3) is 0.0333. The molecule has 0 aliphatic carbocycles. The van der Waals surface area contributed by atoms with Crippen molar-refractivity contribution in [3.05, 3.63) is 125 Å². The number of anilines is 1. The number of benzene rings is 3. The molecule has 6 rings (SSSR count). The Bertz CT molecular complexity index is 1970. The first-order valence-electron chi connectivity index (χ1n) is 12.4. The Labute approximate surface area is 231 Å². The van der Waals surface area contributed by atoms with Crippen molar-refractivity contribution in [1.82, 2.24) is 24.5 Å². The van der Waals surface area contributed by atoms with Gasteiger partial charge in [0, 0.05) is 36.8 Å². The maximum atomic E-state index is 15.2. The van der Waals surface area contributed by atoms with Gasteiger partial charge in [0.15, 0.2) is 17.2 Å². The smallest absolute Gasteiger partial charge is 0.284 e. The van der Waals surface area contributed by atoms with Gasteiger partial charge in [-0.3, -0.25) is 9.59 Å². The molecule has 0 aliphatic heterocycles. The third-order valence-corrected chi connectivity index (χ3v) is 6.30. The minimum absolute atomic E-state index is 0.0825. The molecule has 0 fully saturated rings. The van der Waals surface area contributed by atoms with Crippen LogP contribution in [-0.4, -0.2) is 30.5 Å². The lowest BCUT2D eigenvalue weighted by molar-refractivity contribution is 0.102. The molecule has 3 heterocycles. The number of amides is 1. The monoisotopic (exact) mass is 550 g/mol. The van der Waals surface area contributed by atoms with Gasteiger partial charge < -0.3 is 10.1 Å². The van der Waals surface area contributed by atoms with E-state index in [4.69, 9.17) is 4.74 Å². The molecule has 0 radical (unpaired) electrons.